The molecule has 3 nitrogen and oxygen atoms in total. The highest BCUT2D eigenvalue weighted by Gasteiger charge is 2.40. The van der Waals surface area contributed by atoms with E-state index in [0.717, 1.165) is 24.1 Å². The quantitative estimate of drug-likeness (QED) is 0.859. The second-order valence-corrected chi connectivity index (χ2v) is 5.56. The summed E-state index contributed by atoms with van der Waals surface area (Å²) in [5.74, 6) is 0.611. The number of rotatable bonds is 2. The van der Waals surface area contributed by atoms with Crippen molar-refractivity contribution in [1.29, 1.82) is 0 Å². The summed E-state index contributed by atoms with van der Waals surface area (Å²) in [6.07, 6.45) is 6.02. The fraction of sp³-hybridized carbons (Fsp3) is 0.500. The van der Waals surface area contributed by atoms with Crippen molar-refractivity contribution >= 4 is 11.0 Å². The Kier molecular flexibility index (Phi) is 1.76. The van der Waals surface area contributed by atoms with E-state index in [1.807, 2.05) is 6.07 Å². The van der Waals surface area contributed by atoms with E-state index in [1.165, 1.54) is 30.2 Å². The first-order valence-electron chi connectivity index (χ1n) is 6.45. The lowest BCUT2D eigenvalue weighted by Crippen LogP contribution is -2.18. The summed E-state index contributed by atoms with van der Waals surface area (Å²) in [6.45, 7) is 0. The average molecular weight is 228 g/mol. The minimum atomic E-state index is -0.0671. The van der Waals surface area contributed by atoms with Crippen LogP contribution in [0.1, 0.15) is 49.3 Å². The predicted molar refractivity (Wildman–Crippen MR) is 65.7 cm³/mol. The third-order valence-corrected chi connectivity index (χ3v) is 4.35. The molecule has 2 saturated carbocycles. The Morgan fingerprint density at radius 3 is 2.76 bits per heavy atom. The van der Waals surface area contributed by atoms with Crippen LogP contribution in [-0.4, -0.2) is 5.16 Å². The maximum atomic E-state index is 6.25. The van der Waals surface area contributed by atoms with E-state index in [4.69, 9.17) is 10.3 Å². The Balaban J connectivity index is 1.86. The molecule has 2 N–H and O–H groups in total. The van der Waals surface area contributed by atoms with Gasteiger partial charge < -0.3 is 10.3 Å². The first-order valence-corrected chi connectivity index (χ1v) is 6.45. The highest BCUT2D eigenvalue weighted by Crippen LogP contribution is 2.45. The lowest BCUT2D eigenvalue weighted by molar-refractivity contribution is 0.375. The van der Waals surface area contributed by atoms with Gasteiger partial charge >= 0.3 is 0 Å². The van der Waals surface area contributed by atoms with Gasteiger partial charge in [-0.15, -0.1) is 0 Å². The molecular formula is C14H16N2O. The molecule has 0 atom stereocenters. The minimum Gasteiger partial charge on any atom is -0.356 e. The molecule has 2 aromatic rings. The normalized spacial score (nSPS) is 22.6. The average Bonchev–Trinajstić information content (AvgIpc) is 2.88. The molecule has 1 aromatic heterocycles. The van der Waals surface area contributed by atoms with Crippen LogP contribution in [0.15, 0.2) is 22.7 Å². The molecule has 2 aliphatic carbocycles. The van der Waals surface area contributed by atoms with Gasteiger partial charge in [0.25, 0.3) is 0 Å². The van der Waals surface area contributed by atoms with Crippen LogP contribution in [0, 0.1) is 0 Å². The van der Waals surface area contributed by atoms with E-state index < -0.39 is 0 Å². The smallest absolute Gasteiger partial charge is 0.167 e. The summed E-state index contributed by atoms with van der Waals surface area (Å²) < 4.78 is 5.40. The SMILES string of the molecule is NC1(c2ccc3onc(C4CCC4)c3c2)CC1. The van der Waals surface area contributed by atoms with Gasteiger partial charge in [-0.2, -0.15) is 0 Å². The molecule has 0 aliphatic heterocycles. The van der Waals surface area contributed by atoms with Gasteiger partial charge in [-0.25, -0.2) is 0 Å². The third-order valence-electron chi connectivity index (χ3n) is 4.35. The second-order valence-electron chi connectivity index (χ2n) is 5.56. The highest BCUT2D eigenvalue weighted by molar-refractivity contribution is 5.81. The first-order chi connectivity index (χ1) is 8.26. The number of nitrogens with two attached hydrogens (primary N) is 1. The number of fused-ring (bicyclic) bond motifs is 1. The predicted octanol–water partition coefficient (Wildman–Crippen LogP) is 3.04. The Bertz CT molecular complexity index is 579. The van der Waals surface area contributed by atoms with Gasteiger partial charge in [-0.3, -0.25) is 0 Å². The lowest BCUT2D eigenvalue weighted by atomic mass is 9.81. The van der Waals surface area contributed by atoms with Crippen LogP contribution in [0.5, 0.6) is 0 Å². The van der Waals surface area contributed by atoms with E-state index in [2.05, 4.69) is 17.3 Å². The van der Waals surface area contributed by atoms with Gasteiger partial charge in [0.2, 0.25) is 0 Å². The summed E-state index contributed by atoms with van der Waals surface area (Å²) in [5, 5.41) is 5.43. The van der Waals surface area contributed by atoms with Crippen LogP contribution in [0.2, 0.25) is 0 Å². The summed E-state index contributed by atoms with van der Waals surface area (Å²) in [4.78, 5) is 0. The van der Waals surface area contributed by atoms with E-state index in [-0.39, 0.29) is 5.54 Å². The fourth-order valence-corrected chi connectivity index (χ4v) is 2.67. The zero-order valence-electron chi connectivity index (χ0n) is 9.78. The first kappa shape index (κ1) is 9.66. The van der Waals surface area contributed by atoms with Gasteiger partial charge in [0.15, 0.2) is 5.58 Å². The maximum absolute atomic E-state index is 6.25. The van der Waals surface area contributed by atoms with E-state index in [1.54, 1.807) is 0 Å². The standard InChI is InChI=1S/C14H16N2O/c15-14(6-7-14)10-4-5-12-11(8-10)13(16-17-12)9-2-1-3-9/h4-5,8-9H,1-3,6-7,15H2. The van der Waals surface area contributed by atoms with Crippen molar-refractivity contribution in [2.24, 2.45) is 5.73 Å². The van der Waals surface area contributed by atoms with E-state index >= 15 is 0 Å². The molecule has 1 aromatic carbocycles. The zero-order chi connectivity index (χ0) is 11.5. The summed E-state index contributed by atoms with van der Waals surface area (Å²) in [6, 6.07) is 6.31. The van der Waals surface area contributed by atoms with Crippen molar-refractivity contribution in [3.63, 3.8) is 0 Å². The molecule has 3 heteroatoms. The molecule has 0 amide bonds. The van der Waals surface area contributed by atoms with Crippen molar-refractivity contribution < 1.29 is 4.52 Å². The molecule has 17 heavy (non-hydrogen) atoms. The molecule has 4 rings (SSSR count). The van der Waals surface area contributed by atoms with Crippen LogP contribution in [0.25, 0.3) is 11.0 Å². The summed E-state index contributed by atoms with van der Waals surface area (Å²) >= 11 is 0. The largest absolute Gasteiger partial charge is 0.356 e. The molecular weight excluding hydrogens is 212 g/mol. The highest BCUT2D eigenvalue weighted by atomic mass is 16.5. The van der Waals surface area contributed by atoms with Gasteiger partial charge in [0.1, 0.15) is 0 Å². The van der Waals surface area contributed by atoms with Gasteiger partial charge in [-0.1, -0.05) is 17.6 Å². The number of benzene rings is 1. The molecule has 0 spiro atoms. The number of hydrogen-bond acceptors (Lipinski definition) is 3. The van der Waals surface area contributed by atoms with Gasteiger partial charge in [0.05, 0.1) is 5.69 Å². The van der Waals surface area contributed by atoms with Crippen LogP contribution in [0.3, 0.4) is 0 Å². The topological polar surface area (TPSA) is 52.0 Å². The van der Waals surface area contributed by atoms with Gasteiger partial charge in [-0.05, 0) is 43.4 Å². The molecule has 2 aliphatic rings. The molecule has 88 valence electrons. The summed E-state index contributed by atoms with van der Waals surface area (Å²) in [7, 11) is 0. The summed E-state index contributed by atoms with van der Waals surface area (Å²) in [5.41, 5.74) is 9.48. The Hall–Kier alpha value is -1.35. The van der Waals surface area contributed by atoms with Crippen molar-refractivity contribution in [3.8, 4) is 0 Å². The zero-order valence-corrected chi connectivity index (χ0v) is 9.78. The molecule has 0 radical (unpaired) electrons. The second kappa shape index (κ2) is 3.10. The van der Waals surface area contributed by atoms with E-state index in [0.29, 0.717) is 5.92 Å². The van der Waals surface area contributed by atoms with Crippen molar-refractivity contribution in [2.45, 2.75) is 43.6 Å². The fourth-order valence-electron chi connectivity index (χ4n) is 2.67. The lowest BCUT2D eigenvalue weighted by Gasteiger charge is -2.23. The van der Waals surface area contributed by atoms with Crippen molar-refractivity contribution in [3.05, 3.63) is 29.5 Å². The van der Waals surface area contributed by atoms with Crippen LogP contribution in [-0.2, 0) is 5.54 Å². The van der Waals surface area contributed by atoms with E-state index in [9.17, 15) is 0 Å². The monoisotopic (exact) mass is 228 g/mol. The number of hydrogen-bond donors (Lipinski definition) is 1. The van der Waals surface area contributed by atoms with Gasteiger partial charge in [0, 0.05) is 16.8 Å². The number of nitrogens with zero attached hydrogens (tertiary/aromatic N) is 1. The molecule has 2 fully saturated rings. The van der Waals surface area contributed by atoms with Crippen LogP contribution in [0.4, 0.5) is 0 Å². The van der Waals surface area contributed by atoms with Crippen molar-refractivity contribution in [2.75, 3.05) is 0 Å². The Labute approximate surface area is 100.0 Å². The third kappa shape index (κ3) is 1.35. The maximum Gasteiger partial charge on any atom is 0.167 e. The van der Waals surface area contributed by atoms with Crippen molar-refractivity contribution in [1.82, 2.24) is 5.16 Å². The molecule has 0 saturated heterocycles. The Morgan fingerprint density at radius 2 is 2.12 bits per heavy atom. The minimum absolute atomic E-state index is 0.0671. The molecule has 0 unspecified atom stereocenters. The Morgan fingerprint density at radius 1 is 1.29 bits per heavy atom. The van der Waals surface area contributed by atoms with Crippen LogP contribution < -0.4 is 5.73 Å². The number of aromatic nitrogens is 1. The molecule has 1 heterocycles. The van der Waals surface area contributed by atoms with Crippen LogP contribution >= 0.6 is 0 Å². The molecule has 0 bridgehead atoms.